The molecule has 0 atom stereocenters. The number of amides is 1. The molecule has 3 aromatic rings. The van der Waals surface area contributed by atoms with Gasteiger partial charge in [-0.2, -0.15) is 0 Å². The topological polar surface area (TPSA) is 41.6 Å². The van der Waals surface area contributed by atoms with E-state index in [-0.39, 0.29) is 5.91 Å². The van der Waals surface area contributed by atoms with Crippen molar-refractivity contribution >= 4 is 23.2 Å². The Morgan fingerprint density at radius 2 is 1.67 bits per heavy atom. The molecular weight excluding hydrogens is 396 g/mol. The zero-order valence-electron chi connectivity index (χ0n) is 16.8. The summed E-state index contributed by atoms with van der Waals surface area (Å²) in [5, 5.41) is 3.46. The molecule has 1 heterocycles. The first-order valence-electron chi connectivity index (χ1n) is 10.3. The van der Waals surface area contributed by atoms with Gasteiger partial charge in [-0.1, -0.05) is 48.4 Å². The van der Waals surface area contributed by atoms with E-state index in [1.54, 1.807) is 18.2 Å². The third-order valence-corrected chi connectivity index (χ3v) is 5.47. The van der Waals surface area contributed by atoms with Gasteiger partial charge in [-0.05, 0) is 74.0 Å². The molecular formula is C25H25ClN2O2. The highest BCUT2D eigenvalue weighted by atomic mass is 35.5. The third kappa shape index (κ3) is 5.41. The van der Waals surface area contributed by atoms with E-state index in [4.69, 9.17) is 16.3 Å². The fraction of sp³-hybridized carbons (Fsp3) is 0.240. The van der Waals surface area contributed by atoms with Gasteiger partial charge < -0.3 is 10.1 Å². The van der Waals surface area contributed by atoms with Crippen LogP contribution >= 0.6 is 11.6 Å². The van der Waals surface area contributed by atoms with E-state index < -0.39 is 0 Å². The second-order valence-corrected chi connectivity index (χ2v) is 7.98. The number of anilines is 1. The van der Waals surface area contributed by atoms with Gasteiger partial charge in [-0.3, -0.25) is 9.69 Å². The van der Waals surface area contributed by atoms with Gasteiger partial charge in [0.2, 0.25) is 0 Å². The maximum Gasteiger partial charge on any atom is 0.255 e. The van der Waals surface area contributed by atoms with Crippen LogP contribution in [0.2, 0.25) is 5.02 Å². The number of carbonyl (C=O) groups is 1. The van der Waals surface area contributed by atoms with Gasteiger partial charge in [0.25, 0.3) is 5.91 Å². The molecule has 1 aliphatic rings. The lowest BCUT2D eigenvalue weighted by Gasteiger charge is -2.26. The van der Waals surface area contributed by atoms with Crippen LogP contribution in [0.25, 0.3) is 0 Å². The first-order valence-corrected chi connectivity index (χ1v) is 10.7. The number of carbonyl (C=O) groups excluding carboxylic acids is 1. The van der Waals surface area contributed by atoms with E-state index in [1.165, 1.54) is 24.8 Å². The number of hydrogen-bond donors (Lipinski definition) is 1. The summed E-state index contributed by atoms with van der Waals surface area (Å²) in [6, 6.07) is 22.4. The number of benzene rings is 3. The Hall–Kier alpha value is -2.82. The number of ether oxygens (including phenoxy) is 1. The van der Waals surface area contributed by atoms with Crippen LogP contribution in [0.5, 0.6) is 11.5 Å². The van der Waals surface area contributed by atoms with E-state index in [2.05, 4.69) is 10.2 Å². The van der Waals surface area contributed by atoms with Crippen molar-refractivity contribution in [1.82, 2.24) is 4.90 Å². The summed E-state index contributed by atoms with van der Waals surface area (Å²) in [6.45, 7) is 3.24. The van der Waals surface area contributed by atoms with Crippen molar-refractivity contribution in [3.05, 3.63) is 88.9 Å². The van der Waals surface area contributed by atoms with Crippen LogP contribution in [-0.4, -0.2) is 23.9 Å². The molecule has 1 saturated heterocycles. The largest absolute Gasteiger partial charge is 0.455 e. The molecule has 4 rings (SSSR count). The molecule has 0 radical (unpaired) electrons. The van der Waals surface area contributed by atoms with Crippen molar-refractivity contribution in [2.45, 2.75) is 25.8 Å². The average molecular weight is 421 g/mol. The van der Waals surface area contributed by atoms with Crippen LogP contribution in [0.1, 0.15) is 35.2 Å². The van der Waals surface area contributed by atoms with Gasteiger partial charge in [0.15, 0.2) is 5.75 Å². The first-order chi connectivity index (χ1) is 14.7. The van der Waals surface area contributed by atoms with Gasteiger partial charge in [0, 0.05) is 17.1 Å². The summed E-state index contributed by atoms with van der Waals surface area (Å²) in [4.78, 5) is 15.3. The van der Waals surface area contributed by atoms with Crippen LogP contribution in [-0.2, 0) is 6.54 Å². The van der Waals surface area contributed by atoms with Gasteiger partial charge in [-0.15, -0.1) is 0 Å². The molecule has 3 aromatic carbocycles. The van der Waals surface area contributed by atoms with E-state index in [0.717, 1.165) is 19.6 Å². The lowest BCUT2D eigenvalue weighted by Crippen LogP contribution is -2.29. The minimum absolute atomic E-state index is 0.195. The normalized spacial score (nSPS) is 14.3. The van der Waals surface area contributed by atoms with Crippen LogP contribution in [0, 0.1) is 0 Å². The minimum Gasteiger partial charge on any atom is -0.455 e. The Balaban J connectivity index is 1.45. The Labute approximate surface area is 182 Å². The number of hydrogen-bond acceptors (Lipinski definition) is 3. The second kappa shape index (κ2) is 9.79. The fourth-order valence-corrected chi connectivity index (χ4v) is 3.81. The smallest absolute Gasteiger partial charge is 0.255 e. The maximum absolute atomic E-state index is 12.8. The lowest BCUT2D eigenvalue weighted by atomic mass is 10.1. The monoisotopic (exact) mass is 420 g/mol. The SMILES string of the molecule is O=C(Nc1cc(Cl)ccc1Oc1ccccc1)c1ccc(CN2CCCCC2)cc1. The fourth-order valence-electron chi connectivity index (χ4n) is 3.64. The van der Waals surface area contributed by atoms with Crippen LogP contribution in [0.15, 0.2) is 72.8 Å². The minimum atomic E-state index is -0.195. The number of piperidine rings is 1. The summed E-state index contributed by atoms with van der Waals surface area (Å²) in [5.41, 5.74) is 2.36. The van der Waals surface area contributed by atoms with Crippen molar-refractivity contribution in [3.8, 4) is 11.5 Å². The molecule has 0 bridgehead atoms. The molecule has 0 aliphatic carbocycles. The predicted molar refractivity (Wildman–Crippen MR) is 121 cm³/mol. The maximum atomic E-state index is 12.8. The molecule has 5 heteroatoms. The molecule has 1 amide bonds. The Bertz CT molecular complexity index is 984. The molecule has 154 valence electrons. The Morgan fingerprint density at radius 1 is 0.933 bits per heavy atom. The summed E-state index contributed by atoms with van der Waals surface area (Å²) >= 11 is 6.15. The highest BCUT2D eigenvalue weighted by Crippen LogP contribution is 2.32. The molecule has 1 aliphatic heterocycles. The van der Waals surface area contributed by atoms with Gasteiger partial charge in [0.1, 0.15) is 5.75 Å². The first kappa shape index (κ1) is 20.5. The number of nitrogens with zero attached hydrogens (tertiary/aromatic N) is 1. The molecule has 1 N–H and O–H groups in total. The summed E-state index contributed by atoms with van der Waals surface area (Å²) < 4.78 is 5.93. The lowest BCUT2D eigenvalue weighted by molar-refractivity contribution is 0.102. The van der Waals surface area contributed by atoms with Crippen LogP contribution in [0.4, 0.5) is 5.69 Å². The van der Waals surface area contributed by atoms with Gasteiger partial charge in [0.05, 0.1) is 5.69 Å². The second-order valence-electron chi connectivity index (χ2n) is 7.54. The Morgan fingerprint density at radius 3 is 2.40 bits per heavy atom. The van der Waals surface area contributed by atoms with Crippen LogP contribution < -0.4 is 10.1 Å². The molecule has 4 nitrogen and oxygen atoms in total. The predicted octanol–water partition coefficient (Wildman–Crippen LogP) is 6.37. The van der Waals surface area contributed by atoms with Crippen molar-refractivity contribution in [1.29, 1.82) is 0 Å². The molecule has 1 fully saturated rings. The quantitative estimate of drug-likeness (QED) is 0.503. The van der Waals surface area contributed by atoms with Crippen molar-refractivity contribution in [2.24, 2.45) is 0 Å². The number of para-hydroxylation sites is 1. The van der Waals surface area contributed by atoms with Crippen LogP contribution in [0.3, 0.4) is 0 Å². The van der Waals surface area contributed by atoms with E-state index in [1.807, 2.05) is 54.6 Å². The summed E-state index contributed by atoms with van der Waals surface area (Å²) in [5.74, 6) is 1.04. The summed E-state index contributed by atoms with van der Waals surface area (Å²) in [7, 11) is 0. The molecule has 0 saturated carbocycles. The number of halogens is 1. The average Bonchev–Trinajstić information content (AvgIpc) is 2.77. The van der Waals surface area contributed by atoms with Crippen molar-refractivity contribution < 1.29 is 9.53 Å². The highest BCUT2D eigenvalue weighted by Gasteiger charge is 2.13. The zero-order valence-corrected chi connectivity index (χ0v) is 17.6. The molecule has 30 heavy (non-hydrogen) atoms. The number of nitrogens with one attached hydrogen (secondary N) is 1. The van der Waals surface area contributed by atoms with E-state index >= 15 is 0 Å². The standard InChI is InChI=1S/C25H25ClN2O2/c26-21-13-14-24(30-22-7-3-1-4-8-22)23(17-21)27-25(29)20-11-9-19(10-12-20)18-28-15-5-2-6-16-28/h1,3-4,7-14,17H,2,5-6,15-16,18H2,(H,27,29). The zero-order chi connectivity index (χ0) is 20.8. The van der Waals surface area contributed by atoms with E-state index in [0.29, 0.717) is 27.8 Å². The molecule has 0 spiro atoms. The highest BCUT2D eigenvalue weighted by molar-refractivity contribution is 6.31. The Kier molecular flexibility index (Phi) is 6.67. The molecule has 0 aromatic heterocycles. The van der Waals surface area contributed by atoms with Gasteiger partial charge in [-0.25, -0.2) is 0 Å². The van der Waals surface area contributed by atoms with Gasteiger partial charge >= 0.3 is 0 Å². The van der Waals surface area contributed by atoms with Crippen molar-refractivity contribution in [2.75, 3.05) is 18.4 Å². The summed E-state index contributed by atoms with van der Waals surface area (Å²) in [6.07, 6.45) is 3.87. The van der Waals surface area contributed by atoms with E-state index in [9.17, 15) is 4.79 Å². The number of likely N-dealkylation sites (tertiary alicyclic amines) is 1. The third-order valence-electron chi connectivity index (χ3n) is 5.23. The number of rotatable bonds is 6. The van der Waals surface area contributed by atoms with Crippen molar-refractivity contribution in [3.63, 3.8) is 0 Å². The molecule has 0 unspecified atom stereocenters.